The minimum atomic E-state index is 0.591. The van der Waals surface area contributed by atoms with E-state index >= 15 is 0 Å². The molecule has 0 radical (unpaired) electrons. The Morgan fingerprint density at radius 3 is 1.77 bits per heavy atom. The second-order valence-electron chi connectivity index (χ2n) is 14.4. The minimum absolute atomic E-state index is 0.591. The molecule has 0 atom stereocenters. The van der Waals surface area contributed by atoms with Crippen LogP contribution < -0.4 is 0 Å². The molecule has 0 N–H and O–H groups in total. The van der Waals surface area contributed by atoms with Gasteiger partial charge in [0.25, 0.3) is 0 Å². The number of furan rings is 1. The SMILES string of the molecule is c1ccc(-c2nc(-c3ccc4c(c3)oc3cccc(-c5ccccc5-n5c6ccccc6c6ccccc65)c34)nc(-c3ccc4sc5ccccc5c4c3)n2)cc1. The molecule has 4 heterocycles. The van der Waals surface area contributed by atoms with E-state index < -0.39 is 0 Å². The van der Waals surface area contributed by atoms with Gasteiger partial charge in [-0.2, -0.15) is 0 Å². The second kappa shape index (κ2) is 12.6. The second-order valence-corrected chi connectivity index (χ2v) is 15.4. The Morgan fingerprint density at radius 1 is 0.386 bits per heavy atom. The van der Waals surface area contributed by atoms with Crippen LogP contribution in [0.3, 0.4) is 0 Å². The molecule has 0 saturated carbocycles. The zero-order chi connectivity index (χ0) is 37.5. The van der Waals surface area contributed by atoms with E-state index in [9.17, 15) is 0 Å². The van der Waals surface area contributed by atoms with Gasteiger partial charge in [0.1, 0.15) is 11.2 Å². The van der Waals surface area contributed by atoms with Crippen LogP contribution in [0.4, 0.5) is 0 Å². The first-order valence-electron chi connectivity index (χ1n) is 19.0. The molecule has 0 saturated heterocycles. The highest BCUT2D eigenvalue weighted by Crippen LogP contribution is 2.42. The summed E-state index contributed by atoms with van der Waals surface area (Å²) in [4.78, 5) is 15.2. The highest BCUT2D eigenvalue weighted by atomic mass is 32.1. The van der Waals surface area contributed by atoms with E-state index in [4.69, 9.17) is 19.4 Å². The van der Waals surface area contributed by atoms with Crippen molar-refractivity contribution in [2.24, 2.45) is 0 Å². The van der Waals surface area contributed by atoms with Crippen LogP contribution in [-0.4, -0.2) is 19.5 Å². The van der Waals surface area contributed by atoms with Gasteiger partial charge >= 0.3 is 0 Å². The van der Waals surface area contributed by atoms with Gasteiger partial charge in [-0.3, -0.25) is 0 Å². The number of nitrogens with zero attached hydrogens (tertiary/aromatic N) is 4. The van der Waals surface area contributed by atoms with Gasteiger partial charge in [0.05, 0.1) is 16.7 Å². The highest BCUT2D eigenvalue weighted by Gasteiger charge is 2.20. The monoisotopic (exact) mass is 746 g/mol. The maximum atomic E-state index is 6.68. The van der Waals surface area contributed by atoms with Crippen LogP contribution in [0.15, 0.2) is 186 Å². The molecule has 57 heavy (non-hydrogen) atoms. The molecule has 6 heteroatoms. The van der Waals surface area contributed by atoms with Crippen LogP contribution in [0.1, 0.15) is 0 Å². The molecule has 0 spiro atoms. The number of fused-ring (bicyclic) bond motifs is 9. The Morgan fingerprint density at radius 2 is 0.982 bits per heavy atom. The quantitative estimate of drug-likeness (QED) is 0.176. The third-order valence-corrected chi connectivity index (χ3v) is 12.2. The fourth-order valence-electron chi connectivity index (χ4n) is 8.48. The number of hydrogen-bond donors (Lipinski definition) is 0. The smallest absolute Gasteiger partial charge is 0.164 e. The first kappa shape index (κ1) is 31.9. The van der Waals surface area contributed by atoms with E-state index in [2.05, 4.69) is 156 Å². The molecule has 5 nitrogen and oxygen atoms in total. The van der Waals surface area contributed by atoms with Crippen molar-refractivity contribution in [3.8, 4) is 51.0 Å². The van der Waals surface area contributed by atoms with Crippen LogP contribution in [0.5, 0.6) is 0 Å². The zero-order valence-corrected chi connectivity index (χ0v) is 31.2. The lowest BCUT2D eigenvalue weighted by Crippen LogP contribution is -2.00. The minimum Gasteiger partial charge on any atom is -0.456 e. The molecule has 12 rings (SSSR count). The molecular weight excluding hydrogens is 717 g/mol. The van der Waals surface area contributed by atoms with E-state index in [1.807, 2.05) is 30.3 Å². The molecule has 12 aromatic rings. The summed E-state index contributed by atoms with van der Waals surface area (Å²) in [5, 5.41) is 7.03. The Hall–Kier alpha value is -7.41. The molecule has 4 aromatic heterocycles. The summed E-state index contributed by atoms with van der Waals surface area (Å²) in [6.07, 6.45) is 0. The molecular formula is C51H30N4OS. The van der Waals surface area contributed by atoms with Gasteiger partial charge in [-0.15, -0.1) is 11.3 Å². The van der Waals surface area contributed by atoms with Gasteiger partial charge < -0.3 is 8.98 Å². The predicted molar refractivity (Wildman–Crippen MR) is 236 cm³/mol. The summed E-state index contributed by atoms with van der Waals surface area (Å²) in [5.41, 5.74) is 10.1. The molecule has 0 aliphatic carbocycles. The van der Waals surface area contributed by atoms with Crippen molar-refractivity contribution < 1.29 is 4.42 Å². The van der Waals surface area contributed by atoms with Crippen LogP contribution in [0.25, 0.3) is 115 Å². The summed E-state index contributed by atoms with van der Waals surface area (Å²) in [6, 6.07) is 63.8. The third-order valence-electron chi connectivity index (χ3n) is 11.1. The van der Waals surface area contributed by atoms with Crippen molar-refractivity contribution in [1.29, 1.82) is 0 Å². The Kier molecular flexibility index (Phi) is 7.03. The number of para-hydroxylation sites is 3. The maximum Gasteiger partial charge on any atom is 0.164 e. The fourth-order valence-corrected chi connectivity index (χ4v) is 9.57. The van der Waals surface area contributed by atoms with Gasteiger partial charge in [-0.1, -0.05) is 121 Å². The van der Waals surface area contributed by atoms with Crippen molar-refractivity contribution in [3.05, 3.63) is 182 Å². The van der Waals surface area contributed by atoms with Gasteiger partial charge in [0, 0.05) is 64.0 Å². The average Bonchev–Trinajstić information content (AvgIpc) is 3.95. The van der Waals surface area contributed by atoms with Gasteiger partial charge in [-0.25, -0.2) is 15.0 Å². The predicted octanol–water partition coefficient (Wildman–Crippen LogP) is 13.9. The molecule has 0 aliphatic rings. The van der Waals surface area contributed by atoms with E-state index in [-0.39, 0.29) is 0 Å². The van der Waals surface area contributed by atoms with Crippen molar-refractivity contribution >= 4 is 75.3 Å². The summed E-state index contributed by atoms with van der Waals surface area (Å²) in [5.74, 6) is 1.85. The first-order chi connectivity index (χ1) is 28.2. The Labute approximate surface area is 330 Å². The molecule has 0 aliphatic heterocycles. The van der Waals surface area contributed by atoms with Crippen LogP contribution in [0.2, 0.25) is 0 Å². The van der Waals surface area contributed by atoms with Crippen LogP contribution in [-0.2, 0) is 0 Å². The van der Waals surface area contributed by atoms with Crippen LogP contribution >= 0.6 is 11.3 Å². The zero-order valence-electron chi connectivity index (χ0n) is 30.4. The number of rotatable bonds is 5. The van der Waals surface area contributed by atoms with Crippen molar-refractivity contribution in [2.45, 2.75) is 0 Å². The average molecular weight is 747 g/mol. The van der Waals surface area contributed by atoms with Crippen molar-refractivity contribution in [2.75, 3.05) is 0 Å². The summed E-state index contributed by atoms with van der Waals surface area (Å²) < 4.78 is 11.6. The number of benzene rings is 8. The lowest BCUT2D eigenvalue weighted by molar-refractivity contribution is 0.669. The number of thiophene rings is 1. The standard InChI is InChI=1S/C51H30N4OS/c1-2-13-31(14-3-1)49-52-50(32-26-28-47-40(29-32)37-18-7-11-24-46(37)57-47)54-51(53-49)33-25-27-39-45(30-33)56-44-23-12-19-38(48(39)44)36-17-6-10-22-43(36)55-41-20-8-4-15-34(41)35-16-5-9-21-42(35)55/h1-30H. The van der Waals surface area contributed by atoms with E-state index in [1.165, 1.54) is 42.0 Å². The Balaban J connectivity index is 1.02. The summed E-state index contributed by atoms with van der Waals surface area (Å²) in [7, 11) is 0. The van der Waals surface area contributed by atoms with Gasteiger partial charge in [0.2, 0.25) is 0 Å². The number of aromatic nitrogens is 4. The van der Waals surface area contributed by atoms with Gasteiger partial charge in [-0.05, 0) is 66.2 Å². The Bertz CT molecular complexity index is 3490. The first-order valence-corrected chi connectivity index (χ1v) is 19.8. The molecule has 0 unspecified atom stereocenters. The lowest BCUT2D eigenvalue weighted by atomic mass is 9.97. The summed E-state index contributed by atoms with van der Waals surface area (Å²) >= 11 is 1.80. The molecule has 0 bridgehead atoms. The van der Waals surface area contributed by atoms with Crippen LogP contribution in [0, 0.1) is 0 Å². The summed E-state index contributed by atoms with van der Waals surface area (Å²) in [6.45, 7) is 0. The fraction of sp³-hybridized carbons (Fsp3) is 0. The number of hydrogen-bond acceptors (Lipinski definition) is 5. The molecule has 0 amide bonds. The highest BCUT2D eigenvalue weighted by molar-refractivity contribution is 7.25. The molecule has 8 aromatic carbocycles. The van der Waals surface area contributed by atoms with E-state index in [1.54, 1.807) is 11.3 Å². The largest absolute Gasteiger partial charge is 0.456 e. The van der Waals surface area contributed by atoms with Gasteiger partial charge in [0.15, 0.2) is 17.5 Å². The molecule has 266 valence electrons. The van der Waals surface area contributed by atoms with E-state index in [0.29, 0.717) is 17.5 Å². The lowest BCUT2D eigenvalue weighted by Gasteiger charge is -2.14. The van der Waals surface area contributed by atoms with Crippen molar-refractivity contribution in [1.82, 2.24) is 19.5 Å². The maximum absolute atomic E-state index is 6.68. The third kappa shape index (κ3) is 5.04. The normalized spacial score (nSPS) is 11.9. The van der Waals surface area contributed by atoms with Crippen molar-refractivity contribution in [3.63, 3.8) is 0 Å². The topological polar surface area (TPSA) is 56.7 Å². The molecule has 0 fully saturated rings. The van der Waals surface area contributed by atoms with E-state index in [0.717, 1.165) is 55.4 Å².